The van der Waals surface area contributed by atoms with E-state index in [4.69, 9.17) is 0 Å². The predicted molar refractivity (Wildman–Crippen MR) is 71.9 cm³/mol. The second-order valence-electron chi connectivity index (χ2n) is 4.88. The van der Waals surface area contributed by atoms with Crippen LogP contribution in [0.1, 0.15) is 39.0 Å². The first-order valence-electron chi connectivity index (χ1n) is 6.87. The van der Waals surface area contributed by atoms with Crippen LogP contribution in [0.4, 0.5) is 0 Å². The number of piperidine rings is 1. The van der Waals surface area contributed by atoms with Gasteiger partial charge >= 0.3 is 0 Å². The van der Waals surface area contributed by atoms with Crippen LogP contribution >= 0.6 is 0 Å². The first-order chi connectivity index (χ1) is 8.27. The quantitative estimate of drug-likeness (QED) is 0.690. The SMILES string of the molecule is C=CCN(CCC)C(=O)CCC1CCCNC1. The van der Waals surface area contributed by atoms with Gasteiger partial charge in [0.15, 0.2) is 0 Å². The van der Waals surface area contributed by atoms with Crippen molar-refractivity contribution in [3.05, 3.63) is 12.7 Å². The van der Waals surface area contributed by atoms with Crippen molar-refractivity contribution >= 4 is 5.91 Å². The lowest BCUT2D eigenvalue weighted by Crippen LogP contribution is -2.34. The van der Waals surface area contributed by atoms with Crippen molar-refractivity contribution < 1.29 is 4.79 Å². The van der Waals surface area contributed by atoms with E-state index in [0.717, 1.165) is 32.5 Å². The lowest BCUT2D eigenvalue weighted by molar-refractivity contribution is -0.131. The minimum absolute atomic E-state index is 0.289. The van der Waals surface area contributed by atoms with Gasteiger partial charge in [0.1, 0.15) is 0 Å². The van der Waals surface area contributed by atoms with Gasteiger partial charge in [0.05, 0.1) is 0 Å². The summed E-state index contributed by atoms with van der Waals surface area (Å²) in [6.07, 6.45) is 7.09. The van der Waals surface area contributed by atoms with Gasteiger partial charge in [0, 0.05) is 19.5 Å². The van der Waals surface area contributed by atoms with Crippen LogP contribution in [0, 0.1) is 5.92 Å². The van der Waals surface area contributed by atoms with Crippen molar-refractivity contribution in [1.82, 2.24) is 10.2 Å². The van der Waals surface area contributed by atoms with Crippen LogP contribution < -0.4 is 5.32 Å². The Morgan fingerprint density at radius 2 is 2.41 bits per heavy atom. The Morgan fingerprint density at radius 3 is 3.00 bits per heavy atom. The molecule has 1 atom stereocenters. The molecule has 1 rings (SSSR count). The van der Waals surface area contributed by atoms with Gasteiger partial charge in [-0.15, -0.1) is 6.58 Å². The highest BCUT2D eigenvalue weighted by Gasteiger charge is 2.16. The summed E-state index contributed by atoms with van der Waals surface area (Å²) < 4.78 is 0. The molecule has 98 valence electrons. The van der Waals surface area contributed by atoms with Crippen LogP contribution in [-0.2, 0) is 4.79 Å². The van der Waals surface area contributed by atoms with E-state index in [0.29, 0.717) is 18.9 Å². The van der Waals surface area contributed by atoms with Gasteiger partial charge in [-0.2, -0.15) is 0 Å². The van der Waals surface area contributed by atoms with Crippen LogP contribution in [0.2, 0.25) is 0 Å². The molecule has 3 heteroatoms. The van der Waals surface area contributed by atoms with Gasteiger partial charge < -0.3 is 10.2 Å². The van der Waals surface area contributed by atoms with Crippen molar-refractivity contribution in [3.63, 3.8) is 0 Å². The maximum Gasteiger partial charge on any atom is 0.222 e. The van der Waals surface area contributed by atoms with E-state index >= 15 is 0 Å². The Labute approximate surface area is 105 Å². The third-order valence-electron chi connectivity index (χ3n) is 3.36. The Morgan fingerprint density at radius 1 is 1.59 bits per heavy atom. The van der Waals surface area contributed by atoms with Crippen molar-refractivity contribution in [1.29, 1.82) is 0 Å². The smallest absolute Gasteiger partial charge is 0.222 e. The van der Waals surface area contributed by atoms with Crippen LogP contribution in [0.5, 0.6) is 0 Å². The molecule has 1 aliphatic rings. The molecule has 1 heterocycles. The molecule has 0 saturated carbocycles. The highest BCUT2D eigenvalue weighted by molar-refractivity contribution is 5.76. The fraction of sp³-hybridized carbons (Fsp3) is 0.786. The summed E-state index contributed by atoms with van der Waals surface area (Å²) in [5.74, 6) is 0.984. The standard InChI is InChI=1S/C14H26N2O/c1-3-10-16(11-4-2)14(17)8-7-13-6-5-9-15-12-13/h3,13,15H,1,4-12H2,2H3. The monoisotopic (exact) mass is 238 g/mol. The van der Waals surface area contributed by atoms with Crippen molar-refractivity contribution in [2.75, 3.05) is 26.2 Å². The van der Waals surface area contributed by atoms with Gasteiger partial charge in [-0.1, -0.05) is 13.0 Å². The fourth-order valence-electron chi connectivity index (χ4n) is 2.40. The molecule has 1 amide bonds. The summed E-state index contributed by atoms with van der Waals surface area (Å²) in [6, 6.07) is 0. The van der Waals surface area contributed by atoms with Crippen LogP contribution in [0.3, 0.4) is 0 Å². The summed E-state index contributed by atoms with van der Waals surface area (Å²) in [6.45, 7) is 9.59. The summed E-state index contributed by atoms with van der Waals surface area (Å²) in [4.78, 5) is 13.9. The average molecular weight is 238 g/mol. The molecule has 1 aliphatic heterocycles. The van der Waals surface area contributed by atoms with E-state index in [1.54, 1.807) is 0 Å². The molecule has 1 saturated heterocycles. The van der Waals surface area contributed by atoms with Gasteiger partial charge in [-0.25, -0.2) is 0 Å². The average Bonchev–Trinajstić information content (AvgIpc) is 2.37. The maximum atomic E-state index is 12.0. The maximum absolute atomic E-state index is 12.0. The Bertz CT molecular complexity index is 234. The number of carbonyl (C=O) groups excluding carboxylic acids is 1. The lowest BCUT2D eigenvalue weighted by Gasteiger charge is -2.25. The molecule has 17 heavy (non-hydrogen) atoms. The molecule has 1 N–H and O–H groups in total. The van der Waals surface area contributed by atoms with Crippen molar-refractivity contribution in [3.8, 4) is 0 Å². The molecule has 0 radical (unpaired) electrons. The molecule has 1 fully saturated rings. The van der Waals surface area contributed by atoms with E-state index < -0.39 is 0 Å². The summed E-state index contributed by atoms with van der Waals surface area (Å²) in [7, 11) is 0. The zero-order chi connectivity index (χ0) is 12.5. The number of nitrogens with one attached hydrogen (secondary N) is 1. The van der Waals surface area contributed by atoms with Crippen LogP contribution in [0.25, 0.3) is 0 Å². The number of hydrogen-bond acceptors (Lipinski definition) is 2. The highest BCUT2D eigenvalue weighted by Crippen LogP contribution is 2.16. The number of rotatable bonds is 7. The Kier molecular flexibility index (Phi) is 6.94. The lowest BCUT2D eigenvalue weighted by atomic mass is 9.94. The second-order valence-corrected chi connectivity index (χ2v) is 4.88. The summed E-state index contributed by atoms with van der Waals surface area (Å²) >= 11 is 0. The summed E-state index contributed by atoms with van der Waals surface area (Å²) in [5.41, 5.74) is 0. The van der Waals surface area contributed by atoms with E-state index in [9.17, 15) is 4.79 Å². The molecule has 0 aromatic carbocycles. The highest BCUT2D eigenvalue weighted by atomic mass is 16.2. The van der Waals surface area contributed by atoms with Crippen molar-refractivity contribution in [2.24, 2.45) is 5.92 Å². The minimum atomic E-state index is 0.289. The van der Waals surface area contributed by atoms with Gasteiger partial charge in [-0.05, 0) is 44.7 Å². The molecule has 0 bridgehead atoms. The third-order valence-corrected chi connectivity index (χ3v) is 3.36. The fourth-order valence-corrected chi connectivity index (χ4v) is 2.40. The topological polar surface area (TPSA) is 32.3 Å². The Balaban J connectivity index is 2.27. The molecule has 0 aromatic rings. The molecular formula is C14H26N2O. The summed E-state index contributed by atoms with van der Waals surface area (Å²) in [5, 5.41) is 3.40. The van der Waals surface area contributed by atoms with Crippen LogP contribution in [-0.4, -0.2) is 37.0 Å². The molecule has 0 aromatic heterocycles. The van der Waals surface area contributed by atoms with Gasteiger partial charge in [0.25, 0.3) is 0 Å². The zero-order valence-electron chi connectivity index (χ0n) is 11.1. The van der Waals surface area contributed by atoms with E-state index in [1.165, 1.54) is 12.8 Å². The van der Waals surface area contributed by atoms with Gasteiger partial charge in [-0.3, -0.25) is 4.79 Å². The second kappa shape index (κ2) is 8.29. The molecular weight excluding hydrogens is 212 g/mol. The number of carbonyl (C=O) groups is 1. The van der Waals surface area contributed by atoms with Crippen molar-refractivity contribution in [2.45, 2.75) is 39.0 Å². The predicted octanol–water partition coefficient (Wildman–Crippen LogP) is 2.19. The van der Waals surface area contributed by atoms with Crippen LogP contribution in [0.15, 0.2) is 12.7 Å². The normalized spacial score (nSPS) is 19.9. The zero-order valence-corrected chi connectivity index (χ0v) is 11.1. The molecule has 1 unspecified atom stereocenters. The first-order valence-corrected chi connectivity index (χ1v) is 6.87. The number of amides is 1. The molecule has 0 aliphatic carbocycles. The first kappa shape index (κ1) is 14.2. The van der Waals surface area contributed by atoms with E-state index in [-0.39, 0.29) is 5.91 Å². The van der Waals surface area contributed by atoms with Gasteiger partial charge in [0.2, 0.25) is 5.91 Å². The largest absolute Gasteiger partial charge is 0.339 e. The molecule has 3 nitrogen and oxygen atoms in total. The van der Waals surface area contributed by atoms with E-state index in [2.05, 4.69) is 18.8 Å². The van der Waals surface area contributed by atoms with E-state index in [1.807, 2.05) is 11.0 Å². The molecule has 0 spiro atoms. The Hall–Kier alpha value is -0.830. The number of hydrogen-bond donors (Lipinski definition) is 1. The minimum Gasteiger partial charge on any atom is -0.339 e. The third kappa shape index (κ3) is 5.35. The number of nitrogens with zero attached hydrogens (tertiary/aromatic N) is 1.